The van der Waals surface area contributed by atoms with E-state index in [1.807, 2.05) is 0 Å². The highest BCUT2D eigenvalue weighted by Gasteiger charge is 2.19. The zero-order valence-electron chi connectivity index (χ0n) is 8.69. The van der Waals surface area contributed by atoms with Gasteiger partial charge in [-0.25, -0.2) is 4.79 Å². The van der Waals surface area contributed by atoms with Gasteiger partial charge in [0.25, 0.3) is 0 Å². The van der Waals surface area contributed by atoms with Crippen LogP contribution in [0.4, 0.5) is 5.69 Å². The Morgan fingerprint density at radius 1 is 1.25 bits per heavy atom. The Morgan fingerprint density at radius 2 is 1.88 bits per heavy atom. The van der Waals surface area contributed by atoms with Crippen LogP contribution in [0.2, 0.25) is 0 Å². The van der Waals surface area contributed by atoms with Gasteiger partial charge in [-0.1, -0.05) is 12.1 Å². The molecule has 0 aliphatic heterocycles. The average molecular weight is 221 g/mol. The first-order valence-corrected chi connectivity index (χ1v) is 4.62. The van der Waals surface area contributed by atoms with Crippen LogP contribution in [0, 0.1) is 0 Å². The summed E-state index contributed by atoms with van der Waals surface area (Å²) in [5, 5.41) is 11.2. The van der Waals surface area contributed by atoms with Crippen molar-refractivity contribution in [1.82, 2.24) is 0 Å². The molecule has 5 nitrogen and oxygen atoms in total. The quantitative estimate of drug-likeness (QED) is 0.439. The first kappa shape index (κ1) is 11.9. The molecule has 1 rings (SSSR count). The van der Waals surface area contributed by atoms with Crippen LogP contribution in [-0.2, 0) is 9.59 Å². The summed E-state index contributed by atoms with van der Waals surface area (Å²) in [6, 6.07) is 6.61. The molecule has 0 spiro atoms. The van der Waals surface area contributed by atoms with Crippen LogP contribution in [0.1, 0.15) is 16.8 Å². The number of hydrogen-bond donors (Lipinski definition) is 2. The molecule has 0 aliphatic carbocycles. The van der Waals surface area contributed by atoms with Crippen LogP contribution in [0.15, 0.2) is 24.3 Å². The summed E-state index contributed by atoms with van der Waals surface area (Å²) < 4.78 is 0. The summed E-state index contributed by atoms with van der Waals surface area (Å²) in [5.41, 5.74) is 0.894. The summed E-state index contributed by atoms with van der Waals surface area (Å²) in [7, 11) is 1.64. The lowest BCUT2D eigenvalue weighted by atomic mass is 10.0. The van der Waals surface area contributed by atoms with Crippen molar-refractivity contribution in [2.45, 2.75) is 6.42 Å². The second kappa shape index (κ2) is 5.06. The lowest BCUT2D eigenvalue weighted by molar-refractivity contribution is -0.148. The lowest BCUT2D eigenvalue weighted by Gasteiger charge is -2.06. The molecule has 0 heterocycles. The second-order valence-corrected chi connectivity index (χ2v) is 3.12. The molecule has 5 heteroatoms. The molecule has 1 aromatic rings. The largest absolute Gasteiger partial charge is 0.475 e. The third kappa shape index (κ3) is 2.66. The van der Waals surface area contributed by atoms with Gasteiger partial charge in [0, 0.05) is 18.3 Å². The van der Waals surface area contributed by atoms with Gasteiger partial charge in [0.05, 0.1) is 6.42 Å². The van der Waals surface area contributed by atoms with Crippen LogP contribution in [0.25, 0.3) is 0 Å². The number of carbonyl (C=O) groups is 3. The van der Waals surface area contributed by atoms with Crippen molar-refractivity contribution < 1.29 is 19.5 Å². The Morgan fingerprint density at radius 3 is 2.44 bits per heavy atom. The standard InChI is InChI=1S/C11H11NO4/c1-12-8-5-3-2-4-7(8)9(13)6-10(14)11(15)16/h2-5,12H,6H2,1H3,(H,15,16). The van der Waals surface area contributed by atoms with Crippen LogP contribution in [0.5, 0.6) is 0 Å². The van der Waals surface area contributed by atoms with Crippen molar-refractivity contribution in [2.24, 2.45) is 0 Å². The van der Waals surface area contributed by atoms with Gasteiger partial charge in [-0.15, -0.1) is 0 Å². The molecular weight excluding hydrogens is 210 g/mol. The molecular formula is C11H11NO4. The number of nitrogens with one attached hydrogen (secondary N) is 1. The Bertz CT molecular complexity index is 439. The maximum atomic E-state index is 11.6. The summed E-state index contributed by atoms with van der Waals surface area (Å²) in [6.45, 7) is 0. The fraction of sp³-hybridized carbons (Fsp3) is 0.182. The highest BCUT2D eigenvalue weighted by atomic mass is 16.4. The topological polar surface area (TPSA) is 83.5 Å². The van der Waals surface area contributed by atoms with Gasteiger partial charge < -0.3 is 10.4 Å². The molecule has 84 valence electrons. The molecule has 0 aliphatic rings. The minimum Gasteiger partial charge on any atom is -0.475 e. The zero-order valence-corrected chi connectivity index (χ0v) is 8.69. The number of carbonyl (C=O) groups excluding carboxylic acids is 2. The first-order chi connectivity index (χ1) is 7.56. The lowest BCUT2D eigenvalue weighted by Crippen LogP contribution is -2.17. The second-order valence-electron chi connectivity index (χ2n) is 3.12. The summed E-state index contributed by atoms with van der Waals surface area (Å²) in [4.78, 5) is 32.8. The minimum atomic E-state index is -1.59. The van der Waals surface area contributed by atoms with Crippen molar-refractivity contribution in [2.75, 3.05) is 12.4 Å². The van der Waals surface area contributed by atoms with E-state index in [1.165, 1.54) is 0 Å². The molecule has 0 saturated heterocycles. The highest BCUT2D eigenvalue weighted by Crippen LogP contribution is 2.16. The maximum absolute atomic E-state index is 11.6. The van der Waals surface area contributed by atoms with E-state index in [0.29, 0.717) is 11.3 Å². The SMILES string of the molecule is CNc1ccccc1C(=O)CC(=O)C(=O)O. The van der Waals surface area contributed by atoms with Crippen molar-refractivity contribution in [3.8, 4) is 0 Å². The van der Waals surface area contributed by atoms with Crippen LogP contribution < -0.4 is 5.32 Å². The molecule has 0 aromatic heterocycles. The predicted octanol–water partition coefficient (Wildman–Crippen LogP) is 0.955. The van der Waals surface area contributed by atoms with Crippen LogP contribution in [0.3, 0.4) is 0 Å². The Kier molecular flexibility index (Phi) is 3.77. The minimum absolute atomic E-state index is 0.319. The van der Waals surface area contributed by atoms with Crippen molar-refractivity contribution in [1.29, 1.82) is 0 Å². The summed E-state index contributed by atoms with van der Waals surface area (Å²) >= 11 is 0. The molecule has 0 fully saturated rings. The molecule has 0 atom stereocenters. The fourth-order valence-corrected chi connectivity index (χ4v) is 1.26. The van der Waals surface area contributed by atoms with Gasteiger partial charge in [-0.05, 0) is 12.1 Å². The van der Waals surface area contributed by atoms with E-state index in [2.05, 4.69) is 5.32 Å². The molecule has 0 amide bonds. The number of benzene rings is 1. The number of rotatable bonds is 5. The zero-order chi connectivity index (χ0) is 12.1. The van der Waals surface area contributed by atoms with E-state index in [9.17, 15) is 14.4 Å². The smallest absolute Gasteiger partial charge is 0.372 e. The summed E-state index contributed by atoms with van der Waals surface area (Å²) in [6.07, 6.45) is -0.617. The Hall–Kier alpha value is -2.17. The Balaban J connectivity index is 2.88. The maximum Gasteiger partial charge on any atom is 0.372 e. The van der Waals surface area contributed by atoms with E-state index in [0.717, 1.165) is 0 Å². The molecule has 0 bridgehead atoms. The van der Waals surface area contributed by atoms with Crippen molar-refractivity contribution in [3.05, 3.63) is 29.8 Å². The number of aliphatic carboxylic acids is 1. The number of carboxylic acid groups (broad SMARTS) is 1. The number of hydrogen-bond acceptors (Lipinski definition) is 4. The van der Waals surface area contributed by atoms with E-state index in [4.69, 9.17) is 5.11 Å². The van der Waals surface area contributed by atoms with E-state index in [1.54, 1.807) is 31.3 Å². The first-order valence-electron chi connectivity index (χ1n) is 4.62. The monoisotopic (exact) mass is 221 g/mol. The number of ketones is 2. The fourth-order valence-electron chi connectivity index (χ4n) is 1.26. The van der Waals surface area contributed by atoms with Gasteiger partial charge in [0.2, 0.25) is 5.78 Å². The Labute approximate surface area is 92.1 Å². The normalized spacial score (nSPS) is 9.56. The average Bonchev–Trinajstić information content (AvgIpc) is 2.28. The van der Waals surface area contributed by atoms with Crippen molar-refractivity contribution >= 4 is 23.2 Å². The number of para-hydroxylation sites is 1. The molecule has 0 unspecified atom stereocenters. The van der Waals surface area contributed by atoms with Crippen LogP contribution in [-0.4, -0.2) is 29.7 Å². The molecule has 0 saturated carbocycles. The molecule has 2 N–H and O–H groups in total. The van der Waals surface area contributed by atoms with Gasteiger partial charge in [-0.2, -0.15) is 0 Å². The number of carboxylic acids is 1. The van der Waals surface area contributed by atoms with E-state index >= 15 is 0 Å². The van der Waals surface area contributed by atoms with Gasteiger partial charge in [0.15, 0.2) is 5.78 Å². The molecule has 1 aromatic carbocycles. The predicted molar refractivity (Wildman–Crippen MR) is 57.6 cm³/mol. The summed E-state index contributed by atoms with van der Waals surface area (Å²) in [5.74, 6) is -3.19. The van der Waals surface area contributed by atoms with Gasteiger partial charge >= 0.3 is 5.97 Å². The highest BCUT2D eigenvalue weighted by molar-refractivity contribution is 6.37. The molecule has 0 radical (unpaired) electrons. The van der Waals surface area contributed by atoms with Gasteiger partial charge in [0.1, 0.15) is 0 Å². The number of Topliss-reactive ketones (excluding diaryl/α,β-unsaturated/α-hetero) is 2. The van der Waals surface area contributed by atoms with E-state index in [-0.39, 0.29) is 0 Å². The van der Waals surface area contributed by atoms with Crippen molar-refractivity contribution in [3.63, 3.8) is 0 Å². The third-order valence-electron chi connectivity index (χ3n) is 2.06. The van der Waals surface area contributed by atoms with Gasteiger partial charge in [-0.3, -0.25) is 9.59 Å². The third-order valence-corrected chi connectivity index (χ3v) is 2.06. The van der Waals surface area contributed by atoms with E-state index < -0.39 is 24.0 Å². The number of anilines is 1. The van der Waals surface area contributed by atoms with Crippen LogP contribution >= 0.6 is 0 Å². The molecule has 16 heavy (non-hydrogen) atoms.